The van der Waals surface area contributed by atoms with Crippen molar-refractivity contribution >= 4 is 5.82 Å². The van der Waals surface area contributed by atoms with Gasteiger partial charge < -0.3 is 15.0 Å². The van der Waals surface area contributed by atoms with Gasteiger partial charge in [-0.05, 0) is 48.4 Å². The molecule has 0 aliphatic heterocycles. The number of aromatic nitrogens is 3. The first kappa shape index (κ1) is 17.7. The van der Waals surface area contributed by atoms with Gasteiger partial charge in [0.2, 0.25) is 0 Å². The van der Waals surface area contributed by atoms with E-state index < -0.39 is 0 Å². The zero-order valence-electron chi connectivity index (χ0n) is 15.5. The molecule has 0 unspecified atom stereocenters. The van der Waals surface area contributed by atoms with Crippen LogP contribution in [-0.2, 0) is 13.0 Å². The van der Waals surface area contributed by atoms with Crippen LogP contribution in [0.25, 0.3) is 11.3 Å². The summed E-state index contributed by atoms with van der Waals surface area (Å²) in [5, 5.41) is 4.14. The number of rotatable bonds is 6. The molecule has 2 N–H and O–H groups in total. The normalized spacial score (nSPS) is 10.8. The summed E-state index contributed by atoms with van der Waals surface area (Å²) in [6.07, 6.45) is 4.14. The third-order valence-electron chi connectivity index (χ3n) is 4.33. The minimum absolute atomic E-state index is 0.426. The second-order valence-electron chi connectivity index (χ2n) is 6.55. The number of aryl methyl sites for hydroxylation is 1. The molecule has 4 rings (SSSR count). The fraction of sp³-hybridized carbons (Fsp3) is 0.136. The maximum absolute atomic E-state index is 5.89. The highest BCUT2D eigenvalue weighted by Gasteiger charge is 2.10. The quantitative estimate of drug-likeness (QED) is 0.546. The zero-order valence-corrected chi connectivity index (χ0v) is 15.5. The molecule has 28 heavy (non-hydrogen) atoms. The van der Waals surface area contributed by atoms with Crippen LogP contribution < -0.4 is 10.5 Å². The Kier molecular flexibility index (Phi) is 5.01. The molecular formula is C22H20N4O2. The molecule has 0 amide bonds. The van der Waals surface area contributed by atoms with E-state index in [1.807, 2.05) is 67.7 Å². The van der Waals surface area contributed by atoms with Gasteiger partial charge in [0, 0.05) is 24.9 Å². The largest absolute Gasteiger partial charge is 0.487 e. The molecule has 140 valence electrons. The third kappa shape index (κ3) is 4.17. The zero-order chi connectivity index (χ0) is 19.3. The highest BCUT2D eigenvalue weighted by molar-refractivity contribution is 5.69. The van der Waals surface area contributed by atoms with Crippen molar-refractivity contribution in [2.75, 3.05) is 5.73 Å². The van der Waals surface area contributed by atoms with Gasteiger partial charge in [-0.3, -0.25) is 4.98 Å². The van der Waals surface area contributed by atoms with Crippen LogP contribution in [0, 0.1) is 6.92 Å². The number of nitrogens with two attached hydrogens (primary N) is 1. The molecule has 0 radical (unpaired) electrons. The number of anilines is 1. The van der Waals surface area contributed by atoms with Crippen LogP contribution in [0.5, 0.6) is 5.75 Å². The van der Waals surface area contributed by atoms with Crippen molar-refractivity contribution in [3.63, 3.8) is 0 Å². The Balaban J connectivity index is 1.38. The summed E-state index contributed by atoms with van der Waals surface area (Å²) in [5.74, 6) is 1.84. The second-order valence-corrected chi connectivity index (χ2v) is 6.55. The minimum Gasteiger partial charge on any atom is -0.487 e. The Morgan fingerprint density at radius 1 is 1.00 bits per heavy atom. The Morgan fingerprint density at radius 2 is 1.86 bits per heavy atom. The lowest BCUT2D eigenvalue weighted by Gasteiger charge is -2.06. The predicted molar refractivity (Wildman–Crippen MR) is 107 cm³/mol. The van der Waals surface area contributed by atoms with Gasteiger partial charge in [-0.15, -0.1) is 0 Å². The minimum atomic E-state index is 0.426. The van der Waals surface area contributed by atoms with E-state index >= 15 is 0 Å². The lowest BCUT2D eigenvalue weighted by molar-refractivity contribution is 0.301. The van der Waals surface area contributed by atoms with Gasteiger partial charge in [0.1, 0.15) is 18.2 Å². The van der Waals surface area contributed by atoms with Crippen LogP contribution in [0.15, 0.2) is 71.5 Å². The molecule has 0 saturated heterocycles. The molecule has 6 heteroatoms. The van der Waals surface area contributed by atoms with Crippen LogP contribution >= 0.6 is 0 Å². The van der Waals surface area contributed by atoms with Crippen molar-refractivity contribution < 1.29 is 9.26 Å². The van der Waals surface area contributed by atoms with Gasteiger partial charge in [-0.25, -0.2) is 4.98 Å². The maximum Gasteiger partial charge on any atom is 0.170 e. The van der Waals surface area contributed by atoms with Crippen molar-refractivity contribution in [1.29, 1.82) is 0 Å². The average Bonchev–Trinajstić information content (AvgIpc) is 3.17. The first-order valence-corrected chi connectivity index (χ1v) is 8.97. The number of benzene rings is 1. The predicted octanol–water partition coefficient (Wildman–Crippen LogP) is 4.19. The Labute approximate surface area is 163 Å². The van der Waals surface area contributed by atoms with E-state index in [0.717, 1.165) is 33.8 Å². The molecule has 1 aromatic carbocycles. The highest BCUT2D eigenvalue weighted by atomic mass is 16.5. The van der Waals surface area contributed by atoms with Gasteiger partial charge in [0.15, 0.2) is 5.76 Å². The number of hydrogen-bond acceptors (Lipinski definition) is 6. The Morgan fingerprint density at radius 3 is 2.61 bits per heavy atom. The number of nitrogens with zero attached hydrogens (tertiary/aromatic N) is 3. The summed E-state index contributed by atoms with van der Waals surface area (Å²) in [6.45, 7) is 2.46. The topological polar surface area (TPSA) is 87.1 Å². The van der Waals surface area contributed by atoms with Crippen molar-refractivity contribution in [3.05, 3.63) is 89.5 Å². The molecule has 6 nitrogen and oxygen atoms in total. The molecule has 0 aliphatic rings. The van der Waals surface area contributed by atoms with Crippen molar-refractivity contribution in [1.82, 2.24) is 15.1 Å². The van der Waals surface area contributed by atoms with E-state index in [1.54, 1.807) is 6.20 Å². The molecule has 3 aromatic heterocycles. The van der Waals surface area contributed by atoms with Crippen LogP contribution in [0.2, 0.25) is 0 Å². The third-order valence-corrected chi connectivity index (χ3v) is 4.33. The molecule has 0 bridgehead atoms. The molecule has 0 spiro atoms. The van der Waals surface area contributed by atoms with Crippen LogP contribution in [0.3, 0.4) is 0 Å². The van der Waals surface area contributed by atoms with E-state index in [4.69, 9.17) is 15.0 Å². The fourth-order valence-corrected chi connectivity index (χ4v) is 2.80. The summed E-state index contributed by atoms with van der Waals surface area (Å²) in [5.41, 5.74) is 10.6. The van der Waals surface area contributed by atoms with Crippen molar-refractivity contribution in [3.8, 4) is 17.1 Å². The number of nitrogen functional groups attached to an aromatic ring is 1. The fourth-order valence-electron chi connectivity index (χ4n) is 2.80. The van der Waals surface area contributed by atoms with E-state index in [0.29, 0.717) is 24.6 Å². The smallest absolute Gasteiger partial charge is 0.170 e. The van der Waals surface area contributed by atoms with Gasteiger partial charge in [-0.1, -0.05) is 23.4 Å². The van der Waals surface area contributed by atoms with E-state index in [-0.39, 0.29) is 0 Å². The first-order valence-electron chi connectivity index (χ1n) is 8.97. The van der Waals surface area contributed by atoms with Crippen LogP contribution in [-0.4, -0.2) is 15.1 Å². The summed E-state index contributed by atoms with van der Waals surface area (Å²) in [7, 11) is 0. The lowest BCUT2D eigenvalue weighted by Crippen LogP contribution is -1.98. The van der Waals surface area contributed by atoms with E-state index in [9.17, 15) is 0 Å². The summed E-state index contributed by atoms with van der Waals surface area (Å²) in [4.78, 5) is 8.42. The van der Waals surface area contributed by atoms with Crippen molar-refractivity contribution in [2.45, 2.75) is 20.0 Å². The Bertz CT molecular complexity index is 1060. The summed E-state index contributed by atoms with van der Waals surface area (Å²) < 4.78 is 11.2. The molecule has 0 fully saturated rings. The van der Waals surface area contributed by atoms with Gasteiger partial charge in [0.25, 0.3) is 0 Å². The maximum atomic E-state index is 5.89. The molecular weight excluding hydrogens is 352 g/mol. The number of hydrogen-bond donors (Lipinski definition) is 1. The molecule has 4 aromatic rings. The second kappa shape index (κ2) is 7.92. The molecule has 0 saturated carbocycles. The first-order chi connectivity index (χ1) is 13.7. The molecule has 0 aliphatic carbocycles. The standard InChI is InChI=1S/C22H20N4O2/c1-15-4-7-17(25-13-15)14-27-19-8-5-16(6-9-19)11-18-12-21(28-26-18)20-3-2-10-24-22(20)23/h2-10,12-13H,11,14H2,1H3,(H2,23,24). The van der Waals surface area contributed by atoms with Crippen molar-refractivity contribution in [2.24, 2.45) is 0 Å². The van der Waals surface area contributed by atoms with Crippen LogP contribution in [0.1, 0.15) is 22.5 Å². The lowest BCUT2D eigenvalue weighted by atomic mass is 10.1. The monoisotopic (exact) mass is 372 g/mol. The van der Waals surface area contributed by atoms with E-state index in [2.05, 4.69) is 15.1 Å². The van der Waals surface area contributed by atoms with E-state index in [1.165, 1.54) is 0 Å². The molecule has 0 atom stereocenters. The SMILES string of the molecule is Cc1ccc(COc2ccc(Cc3cc(-c4cccnc4N)on3)cc2)nc1. The van der Waals surface area contributed by atoms with Gasteiger partial charge in [-0.2, -0.15) is 0 Å². The number of ether oxygens (including phenoxy) is 1. The average molecular weight is 372 g/mol. The van der Waals surface area contributed by atoms with Gasteiger partial charge in [0.05, 0.1) is 17.0 Å². The summed E-state index contributed by atoms with van der Waals surface area (Å²) >= 11 is 0. The van der Waals surface area contributed by atoms with Gasteiger partial charge >= 0.3 is 0 Å². The highest BCUT2D eigenvalue weighted by Crippen LogP contribution is 2.25. The summed E-state index contributed by atoms with van der Waals surface area (Å²) in [6, 6.07) is 17.5. The Hall–Kier alpha value is -3.67. The number of pyridine rings is 2. The van der Waals surface area contributed by atoms with Crippen LogP contribution in [0.4, 0.5) is 5.82 Å². The molecule has 3 heterocycles.